The van der Waals surface area contributed by atoms with Crippen molar-refractivity contribution in [1.29, 1.82) is 0 Å². The van der Waals surface area contributed by atoms with Crippen LogP contribution in [0.25, 0.3) is 0 Å². The summed E-state index contributed by atoms with van der Waals surface area (Å²) in [4.78, 5) is 50.6. The monoisotopic (exact) mass is 436 g/mol. The molecule has 1 heterocycles. The molecule has 1 aliphatic rings. The zero-order valence-corrected chi connectivity index (χ0v) is 18.3. The first-order valence-electron chi connectivity index (χ1n) is 10.7. The number of urea groups is 1. The van der Waals surface area contributed by atoms with E-state index in [0.717, 1.165) is 16.0 Å². The van der Waals surface area contributed by atoms with Gasteiger partial charge >= 0.3 is 6.03 Å². The average molecular weight is 437 g/mol. The molecule has 7 nitrogen and oxygen atoms in total. The summed E-state index contributed by atoms with van der Waals surface area (Å²) in [6, 6.07) is 14.5. The number of amides is 3. The first-order valence-corrected chi connectivity index (χ1v) is 10.7. The Morgan fingerprint density at radius 3 is 2.25 bits per heavy atom. The molecule has 0 saturated carbocycles. The Bertz CT molecular complexity index is 985. The molecule has 1 saturated heterocycles. The van der Waals surface area contributed by atoms with Crippen LogP contribution in [0, 0.1) is 5.92 Å². The maximum absolute atomic E-state index is 12.8. The molecule has 2 aromatic rings. The van der Waals surface area contributed by atoms with Crippen LogP contribution in [0.2, 0.25) is 0 Å². The molecule has 7 heteroatoms. The third-order valence-electron chi connectivity index (χ3n) is 5.65. The van der Waals surface area contributed by atoms with E-state index in [4.69, 9.17) is 0 Å². The van der Waals surface area contributed by atoms with Crippen LogP contribution in [-0.4, -0.2) is 52.2 Å². The molecule has 0 aliphatic carbocycles. The fourth-order valence-corrected chi connectivity index (χ4v) is 3.97. The lowest BCUT2D eigenvalue weighted by Crippen LogP contribution is -2.49. The molecule has 0 bridgehead atoms. The predicted octanol–water partition coefficient (Wildman–Crippen LogP) is 2.55. The lowest BCUT2D eigenvalue weighted by Gasteiger charge is -2.26. The van der Waals surface area contributed by atoms with Crippen LogP contribution in [0.5, 0.6) is 0 Å². The van der Waals surface area contributed by atoms with E-state index in [-0.39, 0.29) is 11.7 Å². The van der Waals surface area contributed by atoms with Crippen LogP contribution in [0.1, 0.15) is 41.8 Å². The minimum atomic E-state index is -0.979. The SMILES string of the molecule is CC(C)[C@H](C(=O)CO)N1C(=O)N[C@@H](CCc2ccc(C(=O)Cc3ccccc3)cc2)C1=O. The Morgan fingerprint density at radius 2 is 1.66 bits per heavy atom. The van der Waals surface area contributed by atoms with Gasteiger partial charge in [-0.05, 0) is 29.9 Å². The first kappa shape index (κ1) is 23.3. The Labute approximate surface area is 187 Å². The minimum Gasteiger partial charge on any atom is -0.388 e. The van der Waals surface area contributed by atoms with Gasteiger partial charge in [0.1, 0.15) is 18.7 Å². The molecule has 0 radical (unpaired) electrons. The van der Waals surface area contributed by atoms with Crippen molar-refractivity contribution in [3.05, 3.63) is 71.3 Å². The van der Waals surface area contributed by atoms with Crippen molar-refractivity contribution in [2.24, 2.45) is 5.92 Å². The summed E-state index contributed by atoms with van der Waals surface area (Å²) < 4.78 is 0. The van der Waals surface area contributed by atoms with E-state index in [9.17, 15) is 24.3 Å². The van der Waals surface area contributed by atoms with E-state index in [1.165, 1.54) is 0 Å². The fraction of sp³-hybridized carbons (Fsp3) is 0.360. The summed E-state index contributed by atoms with van der Waals surface area (Å²) in [5, 5.41) is 11.9. The van der Waals surface area contributed by atoms with Gasteiger partial charge in [0.25, 0.3) is 5.91 Å². The summed E-state index contributed by atoms with van der Waals surface area (Å²) in [5.74, 6) is -1.28. The molecule has 0 aromatic heterocycles. The van der Waals surface area contributed by atoms with Crippen LogP contribution in [0.3, 0.4) is 0 Å². The normalized spacial score (nSPS) is 16.9. The highest BCUT2D eigenvalue weighted by Crippen LogP contribution is 2.21. The molecule has 0 unspecified atom stereocenters. The number of hydrogen-bond acceptors (Lipinski definition) is 5. The maximum Gasteiger partial charge on any atom is 0.325 e. The van der Waals surface area contributed by atoms with Crippen LogP contribution < -0.4 is 5.32 Å². The molecule has 1 fully saturated rings. The molecular weight excluding hydrogens is 408 g/mol. The van der Waals surface area contributed by atoms with Crippen molar-refractivity contribution >= 4 is 23.5 Å². The van der Waals surface area contributed by atoms with Crippen LogP contribution in [0.15, 0.2) is 54.6 Å². The van der Waals surface area contributed by atoms with Gasteiger partial charge in [-0.3, -0.25) is 19.3 Å². The summed E-state index contributed by atoms with van der Waals surface area (Å²) in [6.07, 6.45) is 1.23. The maximum atomic E-state index is 12.8. The minimum absolute atomic E-state index is 0.0323. The van der Waals surface area contributed by atoms with Crippen LogP contribution in [-0.2, 0) is 22.4 Å². The van der Waals surface area contributed by atoms with Gasteiger partial charge in [-0.15, -0.1) is 0 Å². The number of aliphatic hydroxyl groups excluding tert-OH is 1. The second-order valence-corrected chi connectivity index (χ2v) is 8.34. The van der Waals surface area contributed by atoms with Gasteiger partial charge in [0.05, 0.1) is 0 Å². The third-order valence-corrected chi connectivity index (χ3v) is 5.65. The van der Waals surface area contributed by atoms with Gasteiger partial charge in [0.2, 0.25) is 0 Å². The van der Waals surface area contributed by atoms with Gasteiger partial charge < -0.3 is 10.4 Å². The van der Waals surface area contributed by atoms with E-state index < -0.39 is 36.4 Å². The second-order valence-electron chi connectivity index (χ2n) is 8.34. The quantitative estimate of drug-likeness (QED) is 0.440. The lowest BCUT2D eigenvalue weighted by molar-refractivity contribution is -0.137. The van der Waals surface area contributed by atoms with Gasteiger partial charge in [0, 0.05) is 12.0 Å². The van der Waals surface area contributed by atoms with Crippen molar-refractivity contribution in [2.75, 3.05) is 6.61 Å². The topological polar surface area (TPSA) is 104 Å². The second kappa shape index (κ2) is 10.3. The number of aliphatic hydroxyl groups is 1. The van der Waals surface area contributed by atoms with Gasteiger partial charge in [-0.25, -0.2) is 4.79 Å². The smallest absolute Gasteiger partial charge is 0.325 e. The molecule has 2 N–H and O–H groups in total. The number of carbonyl (C=O) groups excluding carboxylic acids is 4. The largest absolute Gasteiger partial charge is 0.388 e. The highest BCUT2D eigenvalue weighted by atomic mass is 16.3. The highest BCUT2D eigenvalue weighted by Gasteiger charge is 2.45. The molecule has 168 valence electrons. The van der Waals surface area contributed by atoms with E-state index in [0.29, 0.717) is 24.8 Å². The van der Waals surface area contributed by atoms with Crippen molar-refractivity contribution in [3.63, 3.8) is 0 Å². The van der Waals surface area contributed by atoms with Crippen LogP contribution >= 0.6 is 0 Å². The lowest BCUT2D eigenvalue weighted by atomic mass is 9.97. The van der Waals surface area contributed by atoms with Crippen LogP contribution in [0.4, 0.5) is 4.79 Å². The summed E-state index contributed by atoms with van der Waals surface area (Å²) in [6.45, 7) is 2.74. The number of nitrogens with zero attached hydrogens (tertiary/aromatic N) is 1. The number of Topliss-reactive ketones (excluding diaryl/α,β-unsaturated/α-hetero) is 2. The Hall–Kier alpha value is -3.32. The molecule has 2 aromatic carbocycles. The zero-order chi connectivity index (χ0) is 23.3. The van der Waals surface area contributed by atoms with Gasteiger partial charge in [-0.1, -0.05) is 68.4 Å². The van der Waals surface area contributed by atoms with E-state index >= 15 is 0 Å². The Balaban J connectivity index is 1.59. The van der Waals surface area contributed by atoms with Gasteiger partial charge in [-0.2, -0.15) is 0 Å². The Morgan fingerprint density at radius 1 is 1.00 bits per heavy atom. The summed E-state index contributed by atoms with van der Waals surface area (Å²) >= 11 is 0. The first-order chi connectivity index (χ1) is 15.3. The number of hydrogen-bond donors (Lipinski definition) is 2. The van der Waals surface area contributed by atoms with Crippen molar-refractivity contribution in [2.45, 2.75) is 45.2 Å². The molecule has 32 heavy (non-hydrogen) atoms. The number of benzene rings is 2. The third kappa shape index (κ3) is 5.29. The van der Waals surface area contributed by atoms with Crippen molar-refractivity contribution in [3.8, 4) is 0 Å². The molecule has 0 spiro atoms. The number of rotatable bonds is 10. The molecule has 3 amide bonds. The van der Waals surface area contributed by atoms with E-state index in [1.807, 2.05) is 42.5 Å². The fourth-order valence-electron chi connectivity index (χ4n) is 3.97. The number of ketones is 2. The molecule has 1 aliphatic heterocycles. The zero-order valence-electron chi connectivity index (χ0n) is 18.3. The number of nitrogens with one attached hydrogen (secondary N) is 1. The standard InChI is InChI=1S/C25H28N2O5/c1-16(2)23(22(30)15-28)27-24(31)20(26-25(27)32)13-10-17-8-11-19(12-9-17)21(29)14-18-6-4-3-5-7-18/h3-9,11-12,16,20,23,28H,10,13-15H2,1-2H3,(H,26,32)/t20-,23+/m0/s1. The molecule has 3 rings (SSSR count). The van der Waals surface area contributed by atoms with E-state index in [2.05, 4.69) is 5.32 Å². The van der Waals surface area contributed by atoms with E-state index in [1.54, 1.807) is 26.0 Å². The van der Waals surface area contributed by atoms with Crippen molar-refractivity contribution < 1.29 is 24.3 Å². The van der Waals surface area contributed by atoms with Gasteiger partial charge in [0.15, 0.2) is 11.6 Å². The molecular formula is C25H28N2O5. The number of aryl methyl sites for hydroxylation is 1. The summed E-state index contributed by atoms with van der Waals surface area (Å²) in [7, 11) is 0. The highest BCUT2D eigenvalue weighted by molar-refractivity contribution is 6.08. The predicted molar refractivity (Wildman–Crippen MR) is 119 cm³/mol. The van der Waals surface area contributed by atoms with Crippen molar-refractivity contribution in [1.82, 2.24) is 10.2 Å². The number of imide groups is 1. The number of carbonyl (C=O) groups is 4. The molecule has 2 atom stereocenters. The summed E-state index contributed by atoms with van der Waals surface area (Å²) in [5.41, 5.74) is 2.52. The Kier molecular flexibility index (Phi) is 7.53. The average Bonchev–Trinajstić information content (AvgIpc) is 3.06.